The Hall–Kier alpha value is -2.78. The van der Waals surface area contributed by atoms with Crippen LogP contribution in [0.25, 0.3) is 0 Å². The van der Waals surface area contributed by atoms with Gasteiger partial charge in [0.25, 0.3) is 5.82 Å². The van der Waals surface area contributed by atoms with Crippen molar-refractivity contribution in [1.82, 2.24) is 19.9 Å². The van der Waals surface area contributed by atoms with Gasteiger partial charge in [-0.2, -0.15) is 22.9 Å². The Labute approximate surface area is 121 Å². The molecule has 0 saturated heterocycles. The van der Waals surface area contributed by atoms with Crippen LogP contribution in [0.3, 0.4) is 0 Å². The maximum absolute atomic E-state index is 12.8. The van der Waals surface area contributed by atoms with Crippen LogP contribution in [0.15, 0.2) is 27.0 Å². The molecule has 0 fully saturated rings. The second-order valence-corrected chi connectivity index (χ2v) is 4.64. The highest BCUT2D eigenvalue weighted by Gasteiger charge is 2.41. The molecule has 0 saturated carbocycles. The summed E-state index contributed by atoms with van der Waals surface area (Å²) < 4.78 is 39.0. The summed E-state index contributed by atoms with van der Waals surface area (Å²) in [6.07, 6.45) is -4.65. The van der Waals surface area contributed by atoms with E-state index < -0.39 is 12.0 Å². The maximum atomic E-state index is 12.8. The molecular weight excluding hydrogens is 301 g/mol. The van der Waals surface area contributed by atoms with Gasteiger partial charge < -0.3 is 4.98 Å². The number of nitrogens with one attached hydrogen (secondary N) is 1. The summed E-state index contributed by atoms with van der Waals surface area (Å²) in [5.41, 5.74) is 1.07. The van der Waals surface area contributed by atoms with Gasteiger partial charge in [-0.15, -0.1) is 10.2 Å². The van der Waals surface area contributed by atoms with Crippen molar-refractivity contribution in [3.05, 3.63) is 39.8 Å². The average Bonchev–Trinajstić information content (AvgIpc) is 2.92. The van der Waals surface area contributed by atoms with Crippen LogP contribution in [0, 0.1) is 6.92 Å². The summed E-state index contributed by atoms with van der Waals surface area (Å²) >= 11 is 0. The Morgan fingerprint density at radius 2 is 1.95 bits per heavy atom. The number of aryl methyl sites for hydroxylation is 1. The van der Waals surface area contributed by atoms with Crippen LogP contribution in [-0.4, -0.2) is 31.3 Å². The third-order valence-electron chi connectivity index (χ3n) is 3.02. The van der Waals surface area contributed by atoms with E-state index in [-0.39, 0.29) is 22.8 Å². The lowest BCUT2D eigenvalue weighted by atomic mass is 10.2. The van der Waals surface area contributed by atoms with Crippen molar-refractivity contribution >= 4 is 17.1 Å². The predicted molar refractivity (Wildman–Crippen MR) is 71.5 cm³/mol. The minimum absolute atomic E-state index is 0.0876. The molecule has 0 unspecified atom stereocenters. The lowest BCUT2D eigenvalue weighted by molar-refractivity contribution is -0.147. The number of pyridine rings is 1. The van der Waals surface area contributed by atoms with E-state index in [2.05, 4.69) is 25.3 Å². The van der Waals surface area contributed by atoms with E-state index in [1.807, 2.05) is 0 Å². The topological polar surface area (TPSA) is 88.3 Å². The Morgan fingerprint density at radius 3 is 2.59 bits per heavy atom. The SMILES string of the molecule is CC1=Nn2c(nnc2C(F)(F)F)C1=Nc1ccc(=O)[nH]c1C. The van der Waals surface area contributed by atoms with Crippen molar-refractivity contribution in [3.8, 4) is 0 Å². The van der Waals surface area contributed by atoms with Crippen molar-refractivity contribution in [1.29, 1.82) is 0 Å². The van der Waals surface area contributed by atoms with Crippen LogP contribution in [0.4, 0.5) is 18.9 Å². The molecular formula is C12H9F3N6O. The van der Waals surface area contributed by atoms with Crippen LogP contribution >= 0.6 is 0 Å². The summed E-state index contributed by atoms with van der Waals surface area (Å²) in [5.74, 6) is -1.29. The van der Waals surface area contributed by atoms with E-state index in [0.717, 1.165) is 0 Å². The van der Waals surface area contributed by atoms with Crippen LogP contribution < -0.4 is 5.56 Å². The molecule has 3 rings (SSSR count). The molecule has 0 atom stereocenters. The lowest BCUT2D eigenvalue weighted by Gasteiger charge is -2.02. The minimum atomic E-state index is -4.65. The van der Waals surface area contributed by atoms with Crippen LogP contribution in [0.5, 0.6) is 0 Å². The van der Waals surface area contributed by atoms with Gasteiger partial charge in [-0.25, -0.2) is 4.99 Å². The Kier molecular flexibility index (Phi) is 2.97. The van der Waals surface area contributed by atoms with Gasteiger partial charge in [-0.1, -0.05) is 0 Å². The molecule has 0 aliphatic carbocycles. The Bertz CT molecular complexity index is 874. The summed E-state index contributed by atoms with van der Waals surface area (Å²) in [4.78, 5) is 18.0. The number of alkyl halides is 3. The molecule has 10 heteroatoms. The molecule has 0 radical (unpaired) electrons. The third-order valence-corrected chi connectivity index (χ3v) is 3.02. The number of nitrogens with zero attached hydrogens (tertiary/aromatic N) is 5. The fourth-order valence-corrected chi connectivity index (χ4v) is 2.00. The summed E-state index contributed by atoms with van der Waals surface area (Å²) in [6.45, 7) is 3.16. The molecule has 0 amide bonds. The first-order valence-electron chi connectivity index (χ1n) is 6.15. The molecule has 1 aliphatic rings. The van der Waals surface area contributed by atoms with Crippen molar-refractivity contribution in [2.24, 2.45) is 10.1 Å². The predicted octanol–water partition coefficient (Wildman–Crippen LogP) is 1.65. The number of hydrogen-bond donors (Lipinski definition) is 1. The lowest BCUT2D eigenvalue weighted by Crippen LogP contribution is -2.12. The van der Waals surface area contributed by atoms with E-state index in [9.17, 15) is 18.0 Å². The molecule has 1 N–H and O–H groups in total. The van der Waals surface area contributed by atoms with Gasteiger partial charge in [0.15, 0.2) is 0 Å². The summed E-state index contributed by atoms with van der Waals surface area (Å²) in [6, 6.07) is 2.75. The van der Waals surface area contributed by atoms with Gasteiger partial charge in [-0.05, 0) is 19.9 Å². The standard InChI is InChI=1S/C12H9F3N6O/c1-5-7(3-4-8(22)16-5)17-9-6(2)20-21-10(9)18-19-11(21)12(13,14)15/h3-4H,1-2H3,(H,16,22). The number of aliphatic imine (C=N–C) groups is 1. The number of hydrogen-bond acceptors (Lipinski definition) is 5. The first-order valence-corrected chi connectivity index (χ1v) is 6.15. The first-order chi connectivity index (χ1) is 10.3. The number of aromatic nitrogens is 4. The zero-order valence-electron chi connectivity index (χ0n) is 11.4. The number of fused-ring (bicyclic) bond motifs is 1. The molecule has 0 aromatic carbocycles. The second-order valence-electron chi connectivity index (χ2n) is 4.64. The molecule has 1 aliphatic heterocycles. The minimum Gasteiger partial charge on any atom is -0.324 e. The van der Waals surface area contributed by atoms with Gasteiger partial charge >= 0.3 is 6.18 Å². The van der Waals surface area contributed by atoms with Crippen molar-refractivity contribution in [2.75, 3.05) is 0 Å². The van der Waals surface area contributed by atoms with Crippen molar-refractivity contribution in [2.45, 2.75) is 20.0 Å². The summed E-state index contributed by atoms with van der Waals surface area (Å²) in [5, 5.41) is 10.4. The average molecular weight is 310 g/mol. The normalized spacial score (nSPS) is 16.0. The van der Waals surface area contributed by atoms with Gasteiger partial charge in [-0.3, -0.25) is 4.79 Å². The Balaban J connectivity index is 2.13. The number of halogens is 3. The second kappa shape index (κ2) is 4.61. The summed E-state index contributed by atoms with van der Waals surface area (Å²) in [7, 11) is 0. The highest BCUT2D eigenvalue weighted by molar-refractivity contribution is 6.48. The number of rotatable bonds is 1. The molecule has 7 nitrogen and oxygen atoms in total. The van der Waals surface area contributed by atoms with Crippen molar-refractivity contribution in [3.63, 3.8) is 0 Å². The fourth-order valence-electron chi connectivity index (χ4n) is 2.00. The monoisotopic (exact) mass is 310 g/mol. The van der Waals surface area contributed by atoms with Crippen LogP contribution in [-0.2, 0) is 6.18 Å². The number of aromatic amines is 1. The van der Waals surface area contributed by atoms with Gasteiger partial charge in [0.1, 0.15) is 5.71 Å². The molecule has 2 aromatic rings. The van der Waals surface area contributed by atoms with Crippen molar-refractivity contribution < 1.29 is 13.2 Å². The highest BCUT2D eigenvalue weighted by atomic mass is 19.4. The quantitative estimate of drug-likeness (QED) is 0.868. The first kappa shape index (κ1) is 14.2. The maximum Gasteiger partial charge on any atom is 0.453 e. The molecule has 2 aromatic heterocycles. The molecule has 0 bridgehead atoms. The highest BCUT2D eigenvalue weighted by Crippen LogP contribution is 2.30. The fraction of sp³-hybridized carbons (Fsp3) is 0.250. The smallest absolute Gasteiger partial charge is 0.324 e. The van der Waals surface area contributed by atoms with E-state index >= 15 is 0 Å². The number of H-pyrrole nitrogens is 1. The van der Waals surface area contributed by atoms with Gasteiger partial charge in [0.05, 0.1) is 11.4 Å². The molecule has 3 heterocycles. The van der Waals surface area contributed by atoms with E-state index in [1.165, 1.54) is 19.1 Å². The van der Waals surface area contributed by atoms with Crippen LogP contribution in [0.2, 0.25) is 0 Å². The van der Waals surface area contributed by atoms with E-state index in [1.54, 1.807) is 6.92 Å². The van der Waals surface area contributed by atoms with Crippen LogP contribution in [0.1, 0.15) is 24.3 Å². The largest absolute Gasteiger partial charge is 0.453 e. The molecule has 114 valence electrons. The zero-order valence-corrected chi connectivity index (χ0v) is 11.4. The van der Waals surface area contributed by atoms with Gasteiger partial charge in [0.2, 0.25) is 11.4 Å². The zero-order chi connectivity index (χ0) is 16.1. The van der Waals surface area contributed by atoms with Gasteiger partial charge in [0, 0.05) is 11.8 Å². The third kappa shape index (κ3) is 2.22. The van der Waals surface area contributed by atoms with E-state index in [0.29, 0.717) is 16.1 Å². The van der Waals surface area contributed by atoms with E-state index in [4.69, 9.17) is 0 Å². The molecule has 22 heavy (non-hydrogen) atoms. The molecule has 0 spiro atoms. The Morgan fingerprint density at radius 1 is 1.23 bits per heavy atom.